The van der Waals surface area contributed by atoms with E-state index in [0.29, 0.717) is 18.7 Å². The summed E-state index contributed by atoms with van der Waals surface area (Å²) in [5.74, 6) is -0.0614. The van der Waals surface area contributed by atoms with E-state index in [4.69, 9.17) is 4.74 Å². The van der Waals surface area contributed by atoms with Crippen molar-refractivity contribution in [3.05, 3.63) is 35.7 Å². The topological polar surface area (TPSA) is 77.2 Å². The van der Waals surface area contributed by atoms with E-state index in [1.165, 1.54) is 0 Å². The van der Waals surface area contributed by atoms with Gasteiger partial charge in [0.05, 0.1) is 48.2 Å². The average molecular weight is 358 g/mol. The summed E-state index contributed by atoms with van der Waals surface area (Å²) < 4.78 is 9.97. The number of hydrogen-bond acceptors (Lipinski definition) is 5. The van der Waals surface area contributed by atoms with Crippen LogP contribution in [0.3, 0.4) is 0 Å². The number of aromatic nitrogens is 4. The molecule has 0 saturated carbocycles. The predicted octanol–water partition coefficient (Wildman–Crippen LogP) is 0.755. The van der Waals surface area contributed by atoms with Gasteiger partial charge in [0.25, 0.3) is 5.91 Å². The number of carbonyl (C=O) groups is 1. The second kappa shape index (κ2) is 7.20. The summed E-state index contributed by atoms with van der Waals surface area (Å²) in [6.45, 7) is 2.89. The Balaban J connectivity index is 1.46. The third-order valence-electron chi connectivity index (χ3n) is 5.45. The molecule has 2 aliphatic rings. The smallest absolute Gasteiger partial charge is 0.254 e. The van der Waals surface area contributed by atoms with Gasteiger partial charge in [-0.1, -0.05) is 0 Å². The molecule has 26 heavy (non-hydrogen) atoms. The monoisotopic (exact) mass is 358 g/mol. The van der Waals surface area contributed by atoms with Gasteiger partial charge in [0.15, 0.2) is 0 Å². The highest BCUT2D eigenvalue weighted by Crippen LogP contribution is 2.27. The molecule has 4 rings (SSSR count). The molecule has 2 aliphatic heterocycles. The highest BCUT2D eigenvalue weighted by atomic mass is 16.5. The summed E-state index contributed by atoms with van der Waals surface area (Å²) in [7, 11) is 4.07. The van der Waals surface area contributed by atoms with Crippen LogP contribution in [0.4, 0.5) is 0 Å². The number of aryl methyl sites for hydroxylation is 2. The molecule has 1 N–H and O–H groups in total. The van der Waals surface area contributed by atoms with Crippen LogP contribution in [-0.4, -0.2) is 63.0 Å². The van der Waals surface area contributed by atoms with Crippen molar-refractivity contribution >= 4 is 5.91 Å². The van der Waals surface area contributed by atoms with Crippen molar-refractivity contribution in [3.63, 3.8) is 0 Å². The van der Waals surface area contributed by atoms with E-state index in [-0.39, 0.29) is 18.1 Å². The Bertz CT molecular complexity index is 782. The largest absolute Gasteiger partial charge is 0.373 e. The lowest BCUT2D eigenvalue weighted by Crippen LogP contribution is -2.48. The number of morpholine rings is 1. The maximum absolute atomic E-state index is 12.7. The van der Waals surface area contributed by atoms with Crippen LogP contribution in [0, 0.1) is 0 Å². The summed E-state index contributed by atoms with van der Waals surface area (Å²) in [6, 6.07) is 0.0672. The zero-order valence-corrected chi connectivity index (χ0v) is 15.4. The van der Waals surface area contributed by atoms with Crippen LogP contribution in [0.5, 0.6) is 0 Å². The Morgan fingerprint density at radius 3 is 3.00 bits per heavy atom. The van der Waals surface area contributed by atoms with Gasteiger partial charge in [0.1, 0.15) is 0 Å². The average Bonchev–Trinajstić information content (AvgIpc) is 3.26. The fourth-order valence-corrected chi connectivity index (χ4v) is 4.00. The first-order chi connectivity index (χ1) is 12.6. The van der Waals surface area contributed by atoms with E-state index in [9.17, 15) is 4.79 Å². The van der Waals surface area contributed by atoms with Crippen LogP contribution < -0.4 is 5.32 Å². The molecule has 1 fully saturated rings. The van der Waals surface area contributed by atoms with Crippen LogP contribution in [0.1, 0.15) is 40.6 Å². The van der Waals surface area contributed by atoms with E-state index in [0.717, 1.165) is 43.7 Å². The molecule has 8 nitrogen and oxygen atoms in total. The number of nitrogens with zero attached hydrogens (tertiary/aromatic N) is 5. The molecular weight excluding hydrogens is 332 g/mol. The lowest BCUT2D eigenvalue weighted by molar-refractivity contribution is -0.0626. The number of ether oxygens (including phenoxy) is 1. The van der Waals surface area contributed by atoms with Crippen molar-refractivity contribution in [1.82, 2.24) is 29.5 Å². The first-order valence-corrected chi connectivity index (χ1v) is 9.26. The second-order valence-corrected chi connectivity index (χ2v) is 7.16. The van der Waals surface area contributed by atoms with Crippen LogP contribution in [0.15, 0.2) is 18.7 Å². The molecule has 2 aromatic rings. The number of amides is 1. The Labute approximate surface area is 153 Å². The summed E-state index contributed by atoms with van der Waals surface area (Å²) in [6.07, 6.45) is 8.42. The molecule has 0 unspecified atom stereocenters. The van der Waals surface area contributed by atoms with Crippen molar-refractivity contribution in [2.75, 3.05) is 26.7 Å². The Kier molecular flexibility index (Phi) is 4.78. The minimum Gasteiger partial charge on any atom is -0.373 e. The summed E-state index contributed by atoms with van der Waals surface area (Å²) in [5, 5.41) is 7.42. The van der Waals surface area contributed by atoms with Crippen LogP contribution >= 0.6 is 0 Å². The summed E-state index contributed by atoms with van der Waals surface area (Å²) in [5.41, 5.74) is 2.85. The zero-order chi connectivity index (χ0) is 18.1. The number of fused-ring (bicyclic) bond motifs is 1. The molecule has 1 saturated heterocycles. The van der Waals surface area contributed by atoms with E-state index in [1.807, 2.05) is 22.5 Å². The first kappa shape index (κ1) is 17.2. The molecule has 0 aliphatic carbocycles. The highest BCUT2D eigenvalue weighted by molar-refractivity contribution is 5.95. The van der Waals surface area contributed by atoms with Crippen LogP contribution in [-0.2, 0) is 24.8 Å². The van der Waals surface area contributed by atoms with Gasteiger partial charge in [0.2, 0.25) is 0 Å². The number of carbonyl (C=O) groups excluding carboxylic acids is 1. The molecule has 0 aromatic carbocycles. The van der Waals surface area contributed by atoms with Gasteiger partial charge in [-0.3, -0.25) is 14.4 Å². The summed E-state index contributed by atoms with van der Waals surface area (Å²) >= 11 is 0. The van der Waals surface area contributed by atoms with Crippen molar-refractivity contribution in [2.24, 2.45) is 7.05 Å². The minimum atomic E-state index is -0.112. The molecule has 4 heterocycles. The zero-order valence-electron chi connectivity index (χ0n) is 15.4. The standard InChI is InChI=1S/C18H26N6O2/c1-22-7-8-26-16(17(22)15-10-19-12-23(15)2)11-20-18(25)13-9-21-24-6-4-3-5-14(13)24/h9-10,12,16-17H,3-8,11H2,1-2H3,(H,20,25)/t16-,17-/m0/s1. The normalized spacial score (nSPS) is 23.6. The van der Waals surface area contributed by atoms with Gasteiger partial charge in [-0.2, -0.15) is 5.10 Å². The van der Waals surface area contributed by atoms with E-state index in [1.54, 1.807) is 12.5 Å². The minimum absolute atomic E-state index is 0.0614. The third kappa shape index (κ3) is 3.14. The molecule has 8 heteroatoms. The van der Waals surface area contributed by atoms with Crippen molar-refractivity contribution in [1.29, 1.82) is 0 Å². The molecule has 0 spiro atoms. The van der Waals surface area contributed by atoms with Crippen molar-refractivity contribution < 1.29 is 9.53 Å². The molecule has 2 atom stereocenters. The van der Waals surface area contributed by atoms with E-state index >= 15 is 0 Å². The maximum Gasteiger partial charge on any atom is 0.254 e. The van der Waals surface area contributed by atoms with Gasteiger partial charge in [0, 0.05) is 32.9 Å². The van der Waals surface area contributed by atoms with Gasteiger partial charge in [-0.05, 0) is 26.3 Å². The number of hydrogen-bond donors (Lipinski definition) is 1. The Hall–Kier alpha value is -2.19. The van der Waals surface area contributed by atoms with E-state index in [2.05, 4.69) is 27.3 Å². The van der Waals surface area contributed by atoms with Gasteiger partial charge >= 0.3 is 0 Å². The van der Waals surface area contributed by atoms with Crippen molar-refractivity contribution in [3.8, 4) is 0 Å². The van der Waals surface area contributed by atoms with Gasteiger partial charge < -0.3 is 14.6 Å². The number of nitrogens with one attached hydrogen (secondary N) is 1. The SMILES string of the molecule is CN1CCO[C@@H](CNC(=O)c2cnn3c2CCCC3)[C@@H]1c1cncn1C. The molecule has 2 aromatic heterocycles. The maximum atomic E-state index is 12.7. The van der Waals surface area contributed by atoms with Crippen LogP contribution in [0.2, 0.25) is 0 Å². The van der Waals surface area contributed by atoms with E-state index < -0.39 is 0 Å². The lowest BCUT2D eigenvalue weighted by Gasteiger charge is -2.39. The predicted molar refractivity (Wildman–Crippen MR) is 95.8 cm³/mol. The lowest BCUT2D eigenvalue weighted by atomic mass is 10.0. The Morgan fingerprint density at radius 2 is 2.19 bits per heavy atom. The number of likely N-dealkylation sites (N-methyl/N-ethyl adjacent to an activating group) is 1. The molecule has 0 bridgehead atoms. The van der Waals surface area contributed by atoms with Crippen LogP contribution in [0.25, 0.3) is 0 Å². The van der Waals surface area contributed by atoms with Gasteiger partial charge in [-0.25, -0.2) is 4.98 Å². The molecule has 140 valence electrons. The first-order valence-electron chi connectivity index (χ1n) is 9.26. The highest BCUT2D eigenvalue weighted by Gasteiger charge is 2.34. The third-order valence-corrected chi connectivity index (χ3v) is 5.45. The molecule has 0 radical (unpaired) electrons. The second-order valence-electron chi connectivity index (χ2n) is 7.16. The number of rotatable bonds is 4. The Morgan fingerprint density at radius 1 is 1.31 bits per heavy atom. The summed E-state index contributed by atoms with van der Waals surface area (Å²) in [4.78, 5) is 19.2. The van der Waals surface area contributed by atoms with Crippen molar-refractivity contribution in [2.45, 2.75) is 38.0 Å². The molecular formula is C18H26N6O2. The molecule has 1 amide bonds. The fraction of sp³-hybridized carbons (Fsp3) is 0.611. The fourth-order valence-electron chi connectivity index (χ4n) is 4.00. The number of imidazole rings is 1. The quantitative estimate of drug-likeness (QED) is 0.873. The van der Waals surface area contributed by atoms with Gasteiger partial charge in [-0.15, -0.1) is 0 Å².